The molecule has 0 radical (unpaired) electrons. The average molecular weight is 294 g/mol. The minimum absolute atomic E-state index is 0.305. The predicted octanol–water partition coefficient (Wildman–Crippen LogP) is 3.87. The van der Waals surface area contributed by atoms with Gasteiger partial charge in [0.15, 0.2) is 0 Å². The molecule has 2 aromatic carbocycles. The highest BCUT2D eigenvalue weighted by atomic mass is 35.5. The van der Waals surface area contributed by atoms with Gasteiger partial charge in [0.2, 0.25) is 0 Å². The van der Waals surface area contributed by atoms with Gasteiger partial charge in [0.25, 0.3) is 0 Å². The Bertz CT molecular complexity index is 601. The minimum Gasteiger partial charge on any atom is -0.489 e. The molecule has 106 valence electrons. The summed E-state index contributed by atoms with van der Waals surface area (Å²) < 4.78 is 18.8. The van der Waals surface area contributed by atoms with Crippen molar-refractivity contribution in [2.45, 2.75) is 20.0 Å². The quantitative estimate of drug-likeness (QED) is 0.908. The zero-order chi connectivity index (χ0) is 14.5. The fourth-order valence-electron chi connectivity index (χ4n) is 1.99. The molecule has 0 saturated carbocycles. The average Bonchev–Trinajstić information content (AvgIpc) is 2.40. The largest absolute Gasteiger partial charge is 0.489 e. The molecule has 0 fully saturated rings. The zero-order valence-corrected chi connectivity index (χ0v) is 12.1. The second-order valence-electron chi connectivity index (χ2n) is 4.67. The van der Waals surface area contributed by atoms with Crippen LogP contribution in [0.15, 0.2) is 36.4 Å². The molecule has 0 aromatic heterocycles. The van der Waals surface area contributed by atoms with Gasteiger partial charge in [-0.3, -0.25) is 0 Å². The molecule has 2 N–H and O–H groups in total. The van der Waals surface area contributed by atoms with Crippen LogP contribution in [-0.4, -0.2) is 6.54 Å². The molecule has 2 rings (SSSR count). The fraction of sp³-hybridized carbons (Fsp3) is 0.250. The van der Waals surface area contributed by atoms with Crippen LogP contribution in [-0.2, 0) is 13.0 Å². The van der Waals surface area contributed by atoms with Gasteiger partial charge in [-0.15, -0.1) is 0 Å². The SMILES string of the molecule is Cc1ccc(OCc2ccc(F)cc2Cl)c(CCN)c1. The lowest BCUT2D eigenvalue weighted by Crippen LogP contribution is -2.06. The van der Waals surface area contributed by atoms with E-state index in [0.29, 0.717) is 18.2 Å². The Kier molecular flexibility index (Phi) is 4.99. The summed E-state index contributed by atoms with van der Waals surface area (Å²) in [5.41, 5.74) is 8.61. The van der Waals surface area contributed by atoms with Crippen LogP contribution in [0.2, 0.25) is 5.02 Å². The van der Waals surface area contributed by atoms with Gasteiger partial charge in [0.05, 0.1) is 5.02 Å². The molecule has 0 atom stereocenters. The third-order valence-corrected chi connectivity index (χ3v) is 3.38. The predicted molar refractivity (Wildman–Crippen MR) is 79.7 cm³/mol. The Morgan fingerprint density at radius 1 is 1.15 bits per heavy atom. The van der Waals surface area contributed by atoms with Crippen LogP contribution < -0.4 is 10.5 Å². The summed E-state index contributed by atoms with van der Waals surface area (Å²) in [6.45, 7) is 2.90. The van der Waals surface area contributed by atoms with Gasteiger partial charge in [-0.2, -0.15) is 0 Å². The van der Waals surface area contributed by atoms with E-state index in [4.69, 9.17) is 22.1 Å². The molecule has 0 bridgehead atoms. The fourth-order valence-corrected chi connectivity index (χ4v) is 2.22. The van der Waals surface area contributed by atoms with Crippen molar-refractivity contribution in [3.8, 4) is 5.75 Å². The molecule has 0 unspecified atom stereocenters. The Balaban J connectivity index is 2.14. The third kappa shape index (κ3) is 3.71. The molecule has 0 aliphatic heterocycles. The van der Waals surface area contributed by atoms with Crippen molar-refractivity contribution in [3.05, 3.63) is 63.9 Å². The van der Waals surface area contributed by atoms with E-state index in [0.717, 1.165) is 23.3 Å². The van der Waals surface area contributed by atoms with Crippen LogP contribution in [0, 0.1) is 12.7 Å². The van der Waals surface area contributed by atoms with Gasteiger partial charge < -0.3 is 10.5 Å². The summed E-state index contributed by atoms with van der Waals surface area (Å²) in [4.78, 5) is 0. The van der Waals surface area contributed by atoms with E-state index in [1.807, 2.05) is 19.1 Å². The molecule has 0 spiro atoms. The van der Waals surface area contributed by atoms with Gasteiger partial charge >= 0.3 is 0 Å². The van der Waals surface area contributed by atoms with E-state index in [1.54, 1.807) is 6.07 Å². The zero-order valence-electron chi connectivity index (χ0n) is 11.3. The van der Waals surface area contributed by atoms with E-state index in [2.05, 4.69) is 6.07 Å². The van der Waals surface area contributed by atoms with E-state index in [-0.39, 0.29) is 5.82 Å². The summed E-state index contributed by atoms with van der Waals surface area (Å²) >= 11 is 5.98. The van der Waals surface area contributed by atoms with Crippen molar-refractivity contribution in [1.29, 1.82) is 0 Å². The Morgan fingerprint density at radius 2 is 1.95 bits per heavy atom. The Hall–Kier alpha value is -1.58. The maximum Gasteiger partial charge on any atom is 0.124 e. The molecule has 2 nitrogen and oxygen atoms in total. The van der Waals surface area contributed by atoms with Crippen LogP contribution >= 0.6 is 11.6 Å². The highest BCUT2D eigenvalue weighted by molar-refractivity contribution is 6.31. The van der Waals surface area contributed by atoms with Crippen molar-refractivity contribution in [1.82, 2.24) is 0 Å². The van der Waals surface area contributed by atoms with Crippen LogP contribution in [0.25, 0.3) is 0 Å². The van der Waals surface area contributed by atoms with Gasteiger partial charge in [0.1, 0.15) is 18.2 Å². The number of nitrogens with two attached hydrogens (primary N) is 1. The van der Waals surface area contributed by atoms with Crippen molar-refractivity contribution in [2.75, 3.05) is 6.54 Å². The van der Waals surface area contributed by atoms with Crippen molar-refractivity contribution in [2.24, 2.45) is 5.73 Å². The first-order valence-corrected chi connectivity index (χ1v) is 6.84. The molecular formula is C16H17ClFNO. The summed E-state index contributed by atoms with van der Waals surface area (Å²) in [6.07, 6.45) is 0.758. The van der Waals surface area contributed by atoms with Gasteiger partial charge in [0, 0.05) is 5.56 Å². The number of ether oxygens (including phenoxy) is 1. The lowest BCUT2D eigenvalue weighted by Gasteiger charge is -2.12. The molecule has 0 heterocycles. The maximum atomic E-state index is 13.0. The standard InChI is InChI=1S/C16H17ClFNO/c1-11-2-5-16(12(8-11)6-7-19)20-10-13-3-4-14(18)9-15(13)17/h2-5,8-9H,6-7,10,19H2,1H3. The summed E-state index contributed by atoms with van der Waals surface area (Å²) in [5.74, 6) is 0.444. The van der Waals surface area contributed by atoms with E-state index >= 15 is 0 Å². The Labute approximate surface area is 123 Å². The van der Waals surface area contributed by atoms with Gasteiger partial charge in [-0.1, -0.05) is 35.4 Å². The molecule has 0 saturated heterocycles. The second kappa shape index (κ2) is 6.73. The van der Waals surface area contributed by atoms with E-state index in [9.17, 15) is 4.39 Å². The van der Waals surface area contributed by atoms with Crippen LogP contribution in [0.3, 0.4) is 0 Å². The summed E-state index contributed by atoms with van der Waals surface area (Å²) in [6, 6.07) is 10.3. The van der Waals surface area contributed by atoms with Crippen LogP contribution in [0.4, 0.5) is 4.39 Å². The normalized spacial score (nSPS) is 10.6. The first kappa shape index (κ1) is 14.8. The topological polar surface area (TPSA) is 35.2 Å². The number of aryl methyl sites for hydroxylation is 1. The summed E-state index contributed by atoms with van der Waals surface area (Å²) in [5, 5.41) is 0.373. The number of benzene rings is 2. The molecule has 0 aliphatic carbocycles. The highest BCUT2D eigenvalue weighted by Gasteiger charge is 2.06. The third-order valence-electron chi connectivity index (χ3n) is 3.03. The smallest absolute Gasteiger partial charge is 0.124 e. The molecule has 0 aliphatic rings. The molecule has 0 amide bonds. The first-order valence-electron chi connectivity index (χ1n) is 6.46. The monoisotopic (exact) mass is 293 g/mol. The number of rotatable bonds is 5. The Morgan fingerprint density at radius 3 is 2.65 bits per heavy atom. The number of hydrogen-bond acceptors (Lipinski definition) is 2. The number of halogens is 2. The minimum atomic E-state index is -0.349. The second-order valence-corrected chi connectivity index (χ2v) is 5.08. The van der Waals surface area contributed by atoms with Gasteiger partial charge in [-0.25, -0.2) is 4.39 Å². The summed E-state index contributed by atoms with van der Waals surface area (Å²) in [7, 11) is 0. The van der Waals surface area contributed by atoms with E-state index < -0.39 is 0 Å². The van der Waals surface area contributed by atoms with Crippen LogP contribution in [0.5, 0.6) is 5.75 Å². The van der Waals surface area contributed by atoms with Crippen LogP contribution in [0.1, 0.15) is 16.7 Å². The van der Waals surface area contributed by atoms with Crippen molar-refractivity contribution < 1.29 is 9.13 Å². The van der Waals surface area contributed by atoms with Crippen molar-refractivity contribution >= 4 is 11.6 Å². The number of hydrogen-bond donors (Lipinski definition) is 1. The molecule has 2 aromatic rings. The maximum absolute atomic E-state index is 13.0. The highest BCUT2D eigenvalue weighted by Crippen LogP contribution is 2.24. The molecular weight excluding hydrogens is 277 g/mol. The lowest BCUT2D eigenvalue weighted by atomic mass is 10.1. The lowest BCUT2D eigenvalue weighted by molar-refractivity contribution is 0.303. The van der Waals surface area contributed by atoms with Crippen molar-refractivity contribution in [3.63, 3.8) is 0 Å². The molecule has 20 heavy (non-hydrogen) atoms. The first-order chi connectivity index (χ1) is 9.60. The van der Waals surface area contributed by atoms with E-state index in [1.165, 1.54) is 17.7 Å². The molecule has 4 heteroatoms. The van der Waals surface area contributed by atoms with Gasteiger partial charge in [-0.05, 0) is 43.7 Å².